The highest BCUT2D eigenvalue weighted by molar-refractivity contribution is 9.10. The summed E-state index contributed by atoms with van der Waals surface area (Å²) in [6.45, 7) is 1.44. The van der Waals surface area contributed by atoms with E-state index in [1.54, 1.807) is 11.8 Å². The van der Waals surface area contributed by atoms with E-state index in [-0.39, 0.29) is 17.6 Å². The second-order valence-electron chi connectivity index (χ2n) is 7.39. The lowest BCUT2D eigenvalue weighted by molar-refractivity contribution is -0.125. The molecule has 0 spiro atoms. The number of sulfonamides is 1. The molecule has 0 atom stereocenters. The van der Waals surface area contributed by atoms with Gasteiger partial charge in [-0.3, -0.25) is 4.79 Å². The maximum absolute atomic E-state index is 12.7. The Bertz CT molecular complexity index is 913. The van der Waals surface area contributed by atoms with Crippen LogP contribution in [0.4, 0.5) is 0 Å². The third-order valence-electron chi connectivity index (χ3n) is 5.14. The van der Waals surface area contributed by atoms with Gasteiger partial charge in [-0.05, 0) is 36.1 Å². The zero-order chi connectivity index (χ0) is 21.4. The van der Waals surface area contributed by atoms with Crippen LogP contribution in [0.5, 0.6) is 0 Å². The Morgan fingerprint density at radius 1 is 1.03 bits per heavy atom. The van der Waals surface area contributed by atoms with Crippen LogP contribution in [0, 0.1) is 5.92 Å². The van der Waals surface area contributed by atoms with Crippen LogP contribution in [-0.2, 0) is 26.3 Å². The van der Waals surface area contributed by atoms with Crippen molar-refractivity contribution in [2.75, 3.05) is 25.4 Å². The summed E-state index contributed by atoms with van der Waals surface area (Å²) in [7, 11) is -3.37. The van der Waals surface area contributed by atoms with E-state index in [0.29, 0.717) is 32.5 Å². The second-order valence-corrected chi connectivity index (χ2v) is 11.4. The van der Waals surface area contributed by atoms with Crippen LogP contribution >= 0.6 is 27.7 Å². The highest BCUT2D eigenvalue weighted by Crippen LogP contribution is 2.22. The van der Waals surface area contributed by atoms with Crippen LogP contribution in [0.25, 0.3) is 0 Å². The third-order valence-corrected chi connectivity index (χ3v) is 8.55. The summed E-state index contributed by atoms with van der Waals surface area (Å²) in [5.74, 6) is 1.73. The zero-order valence-electron chi connectivity index (χ0n) is 16.8. The molecule has 1 aliphatic rings. The van der Waals surface area contributed by atoms with Gasteiger partial charge < -0.3 is 5.32 Å². The zero-order valence-corrected chi connectivity index (χ0v) is 20.0. The van der Waals surface area contributed by atoms with Crippen molar-refractivity contribution < 1.29 is 13.2 Å². The number of thioether (sulfide) groups is 1. The second kappa shape index (κ2) is 11.3. The largest absolute Gasteiger partial charge is 0.355 e. The SMILES string of the molecule is O=C(NCCSCc1ccccc1)C1CCN(S(=O)(=O)Cc2ccc(Br)cc2)CC1. The number of piperidine rings is 1. The van der Waals surface area contributed by atoms with Crippen molar-refractivity contribution in [2.24, 2.45) is 5.92 Å². The number of carbonyl (C=O) groups excluding carboxylic acids is 1. The molecule has 2 aromatic rings. The van der Waals surface area contributed by atoms with Crippen LogP contribution < -0.4 is 5.32 Å². The number of halogens is 1. The number of benzene rings is 2. The minimum absolute atomic E-state index is 0.00419. The van der Waals surface area contributed by atoms with Gasteiger partial charge in [0, 0.05) is 41.5 Å². The maximum Gasteiger partial charge on any atom is 0.223 e. The fourth-order valence-electron chi connectivity index (χ4n) is 3.43. The van der Waals surface area contributed by atoms with Crippen LogP contribution in [0.15, 0.2) is 59.1 Å². The molecule has 5 nitrogen and oxygen atoms in total. The molecule has 1 saturated heterocycles. The van der Waals surface area contributed by atoms with Crippen molar-refractivity contribution in [1.82, 2.24) is 9.62 Å². The molecule has 30 heavy (non-hydrogen) atoms. The number of amides is 1. The first-order valence-corrected chi connectivity index (χ1v) is 13.6. The molecule has 0 aromatic heterocycles. The Kier molecular flexibility index (Phi) is 8.80. The first kappa shape index (κ1) is 23.3. The number of rotatable bonds is 9. The number of nitrogens with one attached hydrogen (secondary N) is 1. The van der Waals surface area contributed by atoms with Gasteiger partial charge in [0.1, 0.15) is 0 Å². The summed E-state index contributed by atoms with van der Waals surface area (Å²) in [6, 6.07) is 17.6. The van der Waals surface area contributed by atoms with Gasteiger partial charge in [0.05, 0.1) is 5.75 Å². The van der Waals surface area contributed by atoms with Gasteiger partial charge in [-0.25, -0.2) is 12.7 Å². The molecular formula is C22H27BrN2O3S2. The molecule has 1 heterocycles. The molecule has 1 fully saturated rings. The number of hydrogen-bond donors (Lipinski definition) is 1. The molecule has 3 rings (SSSR count). The lowest BCUT2D eigenvalue weighted by Gasteiger charge is -2.30. The highest BCUT2D eigenvalue weighted by atomic mass is 79.9. The van der Waals surface area contributed by atoms with Gasteiger partial charge in [-0.15, -0.1) is 0 Å². The van der Waals surface area contributed by atoms with E-state index in [9.17, 15) is 13.2 Å². The van der Waals surface area contributed by atoms with Crippen molar-refractivity contribution >= 4 is 43.6 Å². The molecule has 8 heteroatoms. The van der Waals surface area contributed by atoms with Crippen molar-refractivity contribution in [2.45, 2.75) is 24.3 Å². The van der Waals surface area contributed by atoms with Crippen molar-refractivity contribution in [3.8, 4) is 0 Å². The lowest BCUT2D eigenvalue weighted by Crippen LogP contribution is -2.43. The molecule has 0 saturated carbocycles. The molecule has 0 unspecified atom stereocenters. The van der Waals surface area contributed by atoms with Gasteiger partial charge in [-0.2, -0.15) is 11.8 Å². The first-order chi connectivity index (χ1) is 14.4. The molecule has 2 aromatic carbocycles. The van der Waals surface area contributed by atoms with E-state index in [1.807, 2.05) is 42.5 Å². The van der Waals surface area contributed by atoms with Gasteiger partial charge in [0.2, 0.25) is 15.9 Å². The summed E-state index contributed by atoms with van der Waals surface area (Å²) in [4.78, 5) is 12.4. The number of nitrogens with zero attached hydrogens (tertiary/aromatic N) is 1. The van der Waals surface area contributed by atoms with E-state index in [4.69, 9.17) is 0 Å². The quantitative estimate of drug-likeness (QED) is 0.517. The molecular weight excluding hydrogens is 484 g/mol. The average Bonchev–Trinajstić information content (AvgIpc) is 2.76. The van der Waals surface area contributed by atoms with Crippen molar-refractivity contribution in [3.63, 3.8) is 0 Å². The Balaban J connectivity index is 1.36. The van der Waals surface area contributed by atoms with Gasteiger partial charge in [0.15, 0.2) is 0 Å². The monoisotopic (exact) mass is 510 g/mol. The predicted octanol–water partition coefficient (Wildman–Crippen LogP) is 4.04. The minimum Gasteiger partial charge on any atom is -0.355 e. The first-order valence-electron chi connectivity index (χ1n) is 10.1. The van der Waals surface area contributed by atoms with Crippen molar-refractivity contribution in [1.29, 1.82) is 0 Å². The van der Waals surface area contributed by atoms with E-state index in [2.05, 4.69) is 33.4 Å². The maximum atomic E-state index is 12.7. The Hall–Kier alpha value is -1.35. The van der Waals surface area contributed by atoms with Crippen LogP contribution in [0.1, 0.15) is 24.0 Å². The Morgan fingerprint density at radius 2 is 1.70 bits per heavy atom. The Morgan fingerprint density at radius 3 is 2.37 bits per heavy atom. The molecule has 1 N–H and O–H groups in total. The summed E-state index contributed by atoms with van der Waals surface area (Å²) in [6.07, 6.45) is 1.14. The normalized spacial score (nSPS) is 15.8. The number of carbonyl (C=O) groups is 1. The summed E-state index contributed by atoms with van der Waals surface area (Å²) >= 11 is 5.16. The van der Waals surface area contributed by atoms with E-state index in [0.717, 1.165) is 21.5 Å². The standard InChI is InChI=1S/C22H27BrN2O3S2/c23-21-8-6-19(7-9-21)17-30(27,28)25-13-10-20(11-14-25)22(26)24-12-15-29-16-18-4-2-1-3-5-18/h1-9,20H,10-17H2,(H,24,26). The van der Waals surface area contributed by atoms with Crippen LogP contribution in [-0.4, -0.2) is 44.0 Å². The molecule has 162 valence electrons. The molecule has 0 aliphatic carbocycles. The van der Waals surface area contributed by atoms with Crippen LogP contribution in [0.2, 0.25) is 0 Å². The van der Waals surface area contributed by atoms with Gasteiger partial charge >= 0.3 is 0 Å². The summed E-state index contributed by atoms with van der Waals surface area (Å²) < 4.78 is 27.8. The molecule has 0 radical (unpaired) electrons. The predicted molar refractivity (Wildman–Crippen MR) is 127 cm³/mol. The fraction of sp³-hybridized carbons (Fsp3) is 0.409. The molecule has 1 aliphatic heterocycles. The van der Waals surface area contributed by atoms with Crippen LogP contribution in [0.3, 0.4) is 0 Å². The summed E-state index contributed by atoms with van der Waals surface area (Å²) in [5, 5.41) is 3.01. The van der Waals surface area contributed by atoms with E-state index < -0.39 is 10.0 Å². The minimum atomic E-state index is -3.37. The molecule has 1 amide bonds. The third kappa shape index (κ3) is 7.11. The topological polar surface area (TPSA) is 66.5 Å². The lowest BCUT2D eigenvalue weighted by atomic mass is 9.97. The molecule has 0 bridgehead atoms. The Labute approximate surface area is 191 Å². The fourth-order valence-corrected chi connectivity index (χ4v) is 6.08. The highest BCUT2D eigenvalue weighted by Gasteiger charge is 2.31. The van der Waals surface area contributed by atoms with E-state index in [1.165, 1.54) is 9.87 Å². The average molecular weight is 512 g/mol. The van der Waals surface area contributed by atoms with Gasteiger partial charge in [0.25, 0.3) is 0 Å². The number of hydrogen-bond acceptors (Lipinski definition) is 4. The smallest absolute Gasteiger partial charge is 0.223 e. The summed E-state index contributed by atoms with van der Waals surface area (Å²) in [5.41, 5.74) is 2.05. The van der Waals surface area contributed by atoms with E-state index >= 15 is 0 Å². The van der Waals surface area contributed by atoms with Gasteiger partial charge in [-0.1, -0.05) is 58.4 Å². The van der Waals surface area contributed by atoms with Crippen molar-refractivity contribution in [3.05, 3.63) is 70.2 Å².